The van der Waals surface area contributed by atoms with Gasteiger partial charge in [-0.25, -0.2) is 4.98 Å². The van der Waals surface area contributed by atoms with Crippen LogP contribution < -0.4 is 15.6 Å². The first-order valence-corrected chi connectivity index (χ1v) is 9.73. The highest BCUT2D eigenvalue weighted by Crippen LogP contribution is 2.21. The van der Waals surface area contributed by atoms with E-state index in [1.54, 1.807) is 18.2 Å². The number of carbonyl (C=O) groups excluding carboxylic acids is 1. The molecule has 3 aromatic carbocycles. The summed E-state index contributed by atoms with van der Waals surface area (Å²) in [6.07, 6.45) is 0.666. The maximum Gasteiger partial charge on any atom is 0.262 e. The molecule has 1 heterocycles. The number of carbonyl (C=O) groups is 1. The van der Waals surface area contributed by atoms with Crippen molar-refractivity contribution in [2.24, 2.45) is 0 Å². The molecule has 0 bridgehead atoms. The lowest BCUT2D eigenvalue weighted by atomic mass is 10.1. The summed E-state index contributed by atoms with van der Waals surface area (Å²) in [6, 6.07) is 22.3. The van der Waals surface area contributed by atoms with E-state index in [0.717, 1.165) is 16.3 Å². The van der Waals surface area contributed by atoms with Crippen molar-refractivity contribution in [3.63, 3.8) is 0 Å². The van der Waals surface area contributed by atoms with Crippen LogP contribution in [0, 0.1) is 0 Å². The topological polar surface area (TPSA) is 84.1 Å². The summed E-state index contributed by atoms with van der Waals surface area (Å²) in [7, 11) is 0. The van der Waals surface area contributed by atoms with Crippen molar-refractivity contribution >= 4 is 22.4 Å². The van der Waals surface area contributed by atoms with Crippen molar-refractivity contribution in [2.45, 2.75) is 13.3 Å². The van der Waals surface area contributed by atoms with E-state index in [4.69, 9.17) is 4.74 Å². The van der Waals surface area contributed by atoms with Gasteiger partial charge in [-0.1, -0.05) is 49.4 Å². The Bertz CT molecular complexity index is 1260. The monoisotopic (exact) mass is 399 g/mol. The third kappa shape index (κ3) is 4.55. The molecule has 0 spiro atoms. The van der Waals surface area contributed by atoms with Gasteiger partial charge in [0.05, 0.1) is 0 Å². The largest absolute Gasteiger partial charge is 0.484 e. The lowest BCUT2D eigenvalue weighted by Gasteiger charge is -2.10. The van der Waals surface area contributed by atoms with Gasteiger partial charge in [0.15, 0.2) is 6.61 Å². The fraction of sp³-hybridized carbons (Fsp3) is 0.125. The van der Waals surface area contributed by atoms with Gasteiger partial charge in [-0.3, -0.25) is 9.59 Å². The summed E-state index contributed by atoms with van der Waals surface area (Å²) in [4.78, 5) is 31.4. The van der Waals surface area contributed by atoms with Crippen LogP contribution in [0.15, 0.2) is 77.6 Å². The number of benzene rings is 3. The van der Waals surface area contributed by atoms with E-state index in [0.29, 0.717) is 29.4 Å². The number of aromatic amines is 1. The molecule has 1 aromatic heterocycles. The van der Waals surface area contributed by atoms with E-state index in [-0.39, 0.29) is 18.1 Å². The number of nitrogens with one attached hydrogen (secondary N) is 2. The van der Waals surface area contributed by atoms with Crippen LogP contribution in [0.1, 0.15) is 12.6 Å². The summed E-state index contributed by atoms with van der Waals surface area (Å²) in [5.41, 5.74) is 1.84. The van der Waals surface area contributed by atoms with Crippen LogP contribution in [0.3, 0.4) is 0 Å². The number of fused-ring (bicyclic) bond motifs is 1. The molecule has 0 aliphatic heterocycles. The lowest BCUT2D eigenvalue weighted by Crippen LogP contribution is -2.20. The van der Waals surface area contributed by atoms with E-state index < -0.39 is 0 Å². The van der Waals surface area contributed by atoms with E-state index in [9.17, 15) is 9.59 Å². The fourth-order valence-electron chi connectivity index (χ4n) is 3.17. The number of amides is 1. The molecule has 150 valence electrons. The van der Waals surface area contributed by atoms with E-state index in [2.05, 4.69) is 15.3 Å². The molecule has 0 saturated heterocycles. The first-order chi connectivity index (χ1) is 14.6. The molecule has 0 unspecified atom stereocenters. The van der Waals surface area contributed by atoms with Crippen molar-refractivity contribution < 1.29 is 9.53 Å². The first kappa shape index (κ1) is 19.4. The number of hydrogen-bond acceptors (Lipinski definition) is 4. The van der Waals surface area contributed by atoms with Crippen LogP contribution in [-0.4, -0.2) is 22.5 Å². The van der Waals surface area contributed by atoms with Crippen LogP contribution in [0.5, 0.6) is 5.75 Å². The minimum Gasteiger partial charge on any atom is -0.484 e. The van der Waals surface area contributed by atoms with Crippen molar-refractivity contribution in [1.29, 1.82) is 0 Å². The van der Waals surface area contributed by atoms with Crippen LogP contribution in [0.25, 0.3) is 22.2 Å². The molecule has 0 fully saturated rings. The molecular weight excluding hydrogens is 378 g/mol. The highest BCUT2D eigenvalue weighted by atomic mass is 16.5. The zero-order valence-electron chi connectivity index (χ0n) is 16.5. The second-order valence-corrected chi connectivity index (χ2v) is 6.87. The van der Waals surface area contributed by atoms with Gasteiger partial charge in [-0.05, 0) is 41.5 Å². The minimum atomic E-state index is -0.274. The summed E-state index contributed by atoms with van der Waals surface area (Å²) in [6.45, 7) is 1.83. The smallest absolute Gasteiger partial charge is 0.262 e. The average molecular weight is 399 g/mol. The molecule has 4 rings (SSSR count). The zero-order valence-corrected chi connectivity index (χ0v) is 16.5. The fourth-order valence-corrected chi connectivity index (χ4v) is 3.17. The van der Waals surface area contributed by atoms with Crippen LogP contribution >= 0.6 is 0 Å². The molecule has 0 aliphatic carbocycles. The Kier molecular flexibility index (Phi) is 5.57. The number of ether oxygens (including phenoxy) is 1. The maximum atomic E-state index is 12.3. The Morgan fingerprint density at radius 3 is 2.67 bits per heavy atom. The summed E-state index contributed by atoms with van der Waals surface area (Å²) >= 11 is 0. The predicted octanol–water partition coefficient (Wildman–Crippen LogP) is 4.17. The van der Waals surface area contributed by atoms with Gasteiger partial charge in [0.1, 0.15) is 11.6 Å². The highest BCUT2D eigenvalue weighted by molar-refractivity contribution is 5.92. The van der Waals surface area contributed by atoms with Crippen molar-refractivity contribution in [3.8, 4) is 17.1 Å². The predicted molar refractivity (Wildman–Crippen MR) is 118 cm³/mol. The Hall–Kier alpha value is -3.93. The Balaban J connectivity index is 1.44. The van der Waals surface area contributed by atoms with E-state index >= 15 is 0 Å². The summed E-state index contributed by atoms with van der Waals surface area (Å²) in [5, 5.41) is 4.99. The SMILES string of the molecule is CCc1cc(=O)[nH]c(-c2cccc(NC(=O)COc3ccc4ccccc4c3)c2)n1. The van der Waals surface area contributed by atoms with Gasteiger partial charge in [0.2, 0.25) is 0 Å². The molecular formula is C24H21N3O3. The molecule has 4 aromatic rings. The molecule has 6 heteroatoms. The van der Waals surface area contributed by atoms with Crippen LogP contribution in [-0.2, 0) is 11.2 Å². The zero-order chi connectivity index (χ0) is 20.9. The van der Waals surface area contributed by atoms with Gasteiger partial charge in [0, 0.05) is 23.0 Å². The lowest BCUT2D eigenvalue weighted by molar-refractivity contribution is -0.118. The van der Waals surface area contributed by atoms with Gasteiger partial charge in [-0.15, -0.1) is 0 Å². The number of H-pyrrole nitrogens is 1. The number of aryl methyl sites for hydroxylation is 1. The Labute approximate surface area is 173 Å². The van der Waals surface area contributed by atoms with Gasteiger partial charge < -0.3 is 15.0 Å². The molecule has 0 radical (unpaired) electrons. The minimum absolute atomic E-state index is 0.108. The van der Waals surface area contributed by atoms with Crippen molar-refractivity contribution in [3.05, 3.63) is 88.8 Å². The second kappa shape index (κ2) is 8.61. The van der Waals surface area contributed by atoms with Gasteiger partial charge in [-0.2, -0.15) is 0 Å². The van der Waals surface area contributed by atoms with Gasteiger partial charge in [0.25, 0.3) is 11.5 Å². The third-order valence-corrected chi connectivity index (χ3v) is 4.67. The number of nitrogens with zero attached hydrogens (tertiary/aromatic N) is 1. The second-order valence-electron chi connectivity index (χ2n) is 6.87. The Morgan fingerprint density at radius 2 is 1.83 bits per heavy atom. The highest BCUT2D eigenvalue weighted by Gasteiger charge is 2.08. The van der Waals surface area contributed by atoms with E-state index in [1.807, 2.05) is 55.5 Å². The van der Waals surface area contributed by atoms with E-state index in [1.165, 1.54) is 6.07 Å². The number of aromatic nitrogens is 2. The summed E-state index contributed by atoms with van der Waals surface area (Å²) in [5.74, 6) is 0.836. The molecule has 0 atom stereocenters. The molecule has 6 nitrogen and oxygen atoms in total. The standard InChI is InChI=1S/C24H21N3O3/c1-2-19-14-22(28)27-24(26-19)18-8-5-9-20(12-18)25-23(29)15-30-21-11-10-16-6-3-4-7-17(16)13-21/h3-14H,2,15H2,1H3,(H,25,29)(H,26,27,28). The quantitative estimate of drug-likeness (QED) is 0.510. The molecule has 2 N–H and O–H groups in total. The van der Waals surface area contributed by atoms with Crippen LogP contribution in [0.2, 0.25) is 0 Å². The maximum absolute atomic E-state index is 12.3. The first-order valence-electron chi connectivity index (χ1n) is 9.73. The number of anilines is 1. The number of rotatable bonds is 6. The molecule has 0 aliphatic rings. The third-order valence-electron chi connectivity index (χ3n) is 4.67. The average Bonchev–Trinajstić information content (AvgIpc) is 2.77. The number of hydrogen-bond donors (Lipinski definition) is 2. The summed E-state index contributed by atoms with van der Waals surface area (Å²) < 4.78 is 5.64. The van der Waals surface area contributed by atoms with Gasteiger partial charge >= 0.3 is 0 Å². The van der Waals surface area contributed by atoms with Crippen molar-refractivity contribution in [2.75, 3.05) is 11.9 Å². The van der Waals surface area contributed by atoms with Crippen molar-refractivity contribution in [1.82, 2.24) is 9.97 Å². The molecule has 0 saturated carbocycles. The van der Waals surface area contributed by atoms with Crippen LogP contribution in [0.4, 0.5) is 5.69 Å². The molecule has 30 heavy (non-hydrogen) atoms. The molecule has 1 amide bonds. The normalized spacial score (nSPS) is 10.7. The Morgan fingerprint density at radius 1 is 1.00 bits per heavy atom.